The normalized spacial score (nSPS) is 18.1. The average Bonchev–Trinajstić information content (AvgIpc) is 2.92. The van der Waals surface area contributed by atoms with Gasteiger partial charge in [0, 0.05) is 12.7 Å². The van der Waals surface area contributed by atoms with E-state index in [1.165, 1.54) is 19.2 Å². The van der Waals surface area contributed by atoms with Crippen LogP contribution in [0, 0.1) is 10.1 Å². The lowest BCUT2D eigenvalue weighted by Gasteiger charge is -2.13. The van der Waals surface area contributed by atoms with Gasteiger partial charge in [0.05, 0.1) is 12.0 Å². The number of hydrogen-bond donors (Lipinski definition) is 1. The van der Waals surface area contributed by atoms with Gasteiger partial charge in [-0.2, -0.15) is 0 Å². The van der Waals surface area contributed by atoms with Crippen molar-refractivity contribution in [2.75, 3.05) is 19.0 Å². The summed E-state index contributed by atoms with van der Waals surface area (Å²) >= 11 is 0. The number of para-hydroxylation sites is 1. The Kier molecular flexibility index (Phi) is 3.96. The van der Waals surface area contributed by atoms with Gasteiger partial charge in [0.2, 0.25) is 0 Å². The number of benzene rings is 1. The van der Waals surface area contributed by atoms with E-state index < -0.39 is 11.0 Å². The van der Waals surface area contributed by atoms with Crippen molar-refractivity contribution in [2.24, 2.45) is 0 Å². The number of nitrogens with one attached hydrogen (secondary N) is 1. The van der Waals surface area contributed by atoms with Crippen molar-refractivity contribution < 1.29 is 19.2 Å². The minimum atomic E-state index is -0.562. The summed E-state index contributed by atoms with van der Waals surface area (Å²) in [5.74, 6) is -0.134. The van der Waals surface area contributed by atoms with Gasteiger partial charge >= 0.3 is 0 Å². The van der Waals surface area contributed by atoms with E-state index in [4.69, 9.17) is 9.47 Å². The molecule has 102 valence electrons. The van der Waals surface area contributed by atoms with Crippen LogP contribution in [0.15, 0.2) is 18.2 Å². The summed E-state index contributed by atoms with van der Waals surface area (Å²) in [5, 5.41) is 13.5. The fraction of sp³-hybridized carbons (Fsp3) is 0.417. The maximum absolute atomic E-state index is 11.9. The highest BCUT2D eigenvalue weighted by atomic mass is 16.6. The van der Waals surface area contributed by atoms with E-state index in [2.05, 4.69) is 5.32 Å². The van der Waals surface area contributed by atoms with E-state index in [1.807, 2.05) is 0 Å². The molecule has 0 spiro atoms. The number of ether oxygens (including phenoxy) is 2. The Bertz CT molecular complexity index is 497. The molecule has 1 aliphatic rings. The number of rotatable bonds is 4. The summed E-state index contributed by atoms with van der Waals surface area (Å²) in [4.78, 5) is 22.3. The average molecular weight is 266 g/mol. The third-order valence-corrected chi connectivity index (χ3v) is 2.89. The monoisotopic (exact) mass is 266 g/mol. The van der Waals surface area contributed by atoms with Crippen molar-refractivity contribution in [3.05, 3.63) is 28.3 Å². The van der Waals surface area contributed by atoms with Crippen molar-refractivity contribution in [3.63, 3.8) is 0 Å². The number of methoxy groups -OCH3 is 1. The highest BCUT2D eigenvalue weighted by molar-refractivity contribution is 5.97. The van der Waals surface area contributed by atoms with Gasteiger partial charge in [-0.3, -0.25) is 14.9 Å². The van der Waals surface area contributed by atoms with Gasteiger partial charge < -0.3 is 14.8 Å². The molecule has 1 aliphatic heterocycles. The fourth-order valence-electron chi connectivity index (χ4n) is 1.96. The molecule has 0 radical (unpaired) electrons. The highest BCUT2D eigenvalue weighted by Crippen LogP contribution is 2.34. The van der Waals surface area contributed by atoms with Gasteiger partial charge in [0.15, 0.2) is 5.69 Å². The quantitative estimate of drug-likeness (QED) is 0.661. The molecule has 0 unspecified atom stereocenters. The van der Waals surface area contributed by atoms with Crippen LogP contribution in [-0.4, -0.2) is 30.7 Å². The first-order chi connectivity index (χ1) is 9.13. The Balaban J connectivity index is 2.26. The third kappa shape index (κ3) is 2.82. The van der Waals surface area contributed by atoms with Crippen LogP contribution in [0.1, 0.15) is 12.8 Å². The largest absolute Gasteiger partial charge is 0.494 e. The number of carbonyl (C=O) groups excluding carboxylic acids is 1. The second-order valence-corrected chi connectivity index (χ2v) is 4.10. The standard InChI is InChI=1S/C12H14N2O5/c1-18-9-5-2-4-8(14(16)17)11(9)13-12(15)10-6-3-7-19-10/h2,4-5,10H,3,6-7H2,1H3,(H,13,15)/t10-/m1/s1. The SMILES string of the molecule is COc1cccc([N+](=O)[O-])c1NC(=O)[C@H]1CCCO1. The van der Waals surface area contributed by atoms with E-state index in [0.717, 1.165) is 6.42 Å². The summed E-state index contributed by atoms with van der Waals surface area (Å²) in [5.41, 5.74) is -0.138. The summed E-state index contributed by atoms with van der Waals surface area (Å²) in [6, 6.07) is 4.37. The van der Waals surface area contributed by atoms with Gasteiger partial charge in [-0.1, -0.05) is 6.07 Å². The zero-order valence-electron chi connectivity index (χ0n) is 10.4. The number of hydrogen-bond acceptors (Lipinski definition) is 5. The van der Waals surface area contributed by atoms with Crippen LogP contribution >= 0.6 is 0 Å². The maximum Gasteiger partial charge on any atom is 0.296 e. The number of nitro groups is 1. The lowest BCUT2D eigenvalue weighted by Crippen LogP contribution is -2.27. The van der Waals surface area contributed by atoms with Gasteiger partial charge in [-0.25, -0.2) is 0 Å². The molecule has 19 heavy (non-hydrogen) atoms. The van der Waals surface area contributed by atoms with Crippen LogP contribution < -0.4 is 10.1 Å². The highest BCUT2D eigenvalue weighted by Gasteiger charge is 2.27. The summed E-state index contributed by atoms with van der Waals surface area (Å²) in [7, 11) is 1.39. The molecular formula is C12H14N2O5. The van der Waals surface area contributed by atoms with Gasteiger partial charge in [0.25, 0.3) is 11.6 Å². The molecule has 1 N–H and O–H groups in total. The topological polar surface area (TPSA) is 90.7 Å². The Morgan fingerprint density at radius 1 is 1.58 bits per heavy atom. The number of carbonyl (C=O) groups is 1. The smallest absolute Gasteiger partial charge is 0.296 e. The number of amides is 1. The Labute approximate surface area is 109 Å². The van der Waals surface area contributed by atoms with E-state index in [1.54, 1.807) is 6.07 Å². The molecule has 1 fully saturated rings. The molecular weight excluding hydrogens is 252 g/mol. The second-order valence-electron chi connectivity index (χ2n) is 4.10. The summed E-state index contributed by atoms with van der Waals surface area (Å²) in [6.45, 7) is 0.534. The van der Waals surface area contributed by atoms with Gasteiger partial charge in [-0.05, 0) is 18.9 Å². The minimum absolute atomic E-state index is 0.0653. The van der Waals surface area contributed by atoms with Crippen LogP contribution in [-0.2, 0) is 9.53 Å². The first kappa shape index (κ1) is 13.3. The van der Waals surface area contributed by atoms with E-state index in [0.29, 0.717) is 13.0 Å². The van der Waals surface area contributed by atoms with Crippen molar-refractivity contribution >= 4 is 17.3 Å². The molecule has 0 aromatic heterocycles. The van der Waals surface area contributed by atoms with E-state index >= 15 is 0 Å². The van der Waals surface area contributed by atoms with Crippen LogP contribution in [0.2, 0.25) is 0 Å². The lowest BCUT2D eigenvalue weighted by atomic mass is 10.2. The van der Waals surface area contributed by atoms with Crippen LogP contribution in [0.25, 0.3) is 0 Å². The maximum atomic E-state index is 11.9. The van der Waals surface area contributed by atoms with Crippen LogP contribution in [0.4, 0.5) is 11.4 Å². The minimum Gasteiger partial charge on any atom is -0.494 e. The predicted molar refractivity (Wildman–Crippen MR) is 67.3 cm³/mol. The zero-order valence-corrected chi connectivity index (χ0v) is 10.4. The number of nitrogens with zero attached hydrogens (tertiary/aromatic N) is 1. The molecule has 1 saturated heterocycles. The van der Waals surface area contributed by atoms with Crippen molar-refractivity contribution in [1.29, 1.82) is 0 Å². The molecule has 0 aliphatic carbocycles. The van der Waals surface area contributed by atoms with Gasteiger partial charge in [0.1, 0.15) is 11.9 Å². The van der Waals surface area contributed by atoms with Crippen LogP contribution in [0.5, 0.6) is 5.75 Å². The first-order valence-electron chi connectivity index (χ1n) is 5.87. The molecule has 1 aromatic carbocycles. The molecule has 1 amide bonds. The molecule has 1 aromatic rings. The third-order valence-electron chi connectivity index (χ3n) is 2.89. The Hall–Kier alpha value is -2.15. The second kappa shape index (κ2) is 5.66. The molecule has 7 heteroatoms. The molecule has 0 saturated carbocycles. The molecule has 0 bridgehead atoms. The van der Waals surface area contributed by atoms with Crippen molar-refractivity contribution in [2.45, 2.75) is 18.9 Å². The fourth-order valence-corrected chi connectivity index (χ4v) is 1.96. The van der Waals surface area contributed by atoms with Crippen molar-refractivity contribution in [1.82, 2.24) is 0 Å². The van der Waals surface area contributed by atoms with Crippen molar-refractivity contribution in [3.8, 4) is 5.75 Å². The van der Waals surface area contributed by atoms with Gasteiger partial charge in [-0.15, -0.1) is 0 Å². The Morgan fingerprint density at radius 2 is 2.37 bits per heavy atom. The molecule has 1 atom stereocenters. The Morgan fingerprint density at radius 3 is 2.95 bits per heavy atom. The zero-order chi connectivity index (χ0) is 13.8. The van der Waals surface area contributed by atoms with E-state index in [9.17, 15) is 14.9 Å². The molecule has 7 nitrogen and oxygen atoms in total. The number of nitro benzene ring substituents is 1. The predicted octanol–water partition coefficient (Wildman–Crippen LogP) is 1.72. The van der Waals surface area contributed by atoms with Crippen LogP contribution in [0.3, 0.4) is 0 Å². The summed E-state index contributed by atoms with van der Waals surface area (Å²) < 4.78 is 10.3. The number of anilines is 1. The first-order valence-corrected chi connectivity index (χ1v) is 5.87. The summed E-state index contributed by atoms with van der Waals surface area (Å²) in [6.07, 6.45) is 0.880. The molecule has 1 heterocycles. The molecule has 2 rings (SSSR count). The van der Waals surface area contributed by atoms with E-state index in [-0.39, 0.29) is 23.0 Å². The lowest BCUT2D eigenvalue weighted by molar-refractivity contribution is -0.384.